The molecule has 1 aromatic rings. The van der Waals surface area contributed by atoms with Gasteiger partial charge in [-0.3, -0.25) is 14.3 Å². The maximum absolute atomic E-state index is 12.1. The highest BCUT2D eigenvalue weighted by Crippen LogP contribution is 2.16. The molecule has 0 aliphatic rings. The molecule has 5 nitrogen and oxygen atoms in total. The Kier molecular flexibility index (Phi) is 4.54. The summed E-state index contributed by atoms with van der Waals surface area (Å²) in [7, 11) is 1.53. The number of nitrogens with zero attached hydrogens (tertiary/aromatic N) is 1. The van der Waals surface area contributed by atoms with Crippen molar-refractivity contribution in [3.05, 3.63) is 31.6 Å². The van der Waals surface area contributed by atoms with Crippen molar-refractivity contribution < 1.29 is 4.74 Å². The van der Waals surface area contributed by atoms with Crippen molar-refractivity contribution in [3.63, 3.8) is 0 Å². The first kappa shape index (κ1) is 14.0. The molecule has 0 bridgehead atoms. The molecule has 0 aliphatic carbocycles. The van der Waals surface area contributed by atoms with E-state index in [1.165, 1.54) is 7.11 Å². The number of aromatic amines is 1. The molecule has 1 atom stereocenters. The van der Waals surface area contributed by atoms with Gasteiger partial charge in [-0.15, -0.1) is 0 Å². The van der Waals surface area contributed by atoms with Gasteiger partial charge < -0.3 is 4.74 Å². The van der Waals surface area contributed by atoms with Crippen molar-refractivity contribution in [2.24, 2.45) is 0 Å². The molecule has 0 aromatic carbocycles. The van der Waals surface area contributed by atoms with E-state index < -0.39 is 5.69 Å². The third-order valence-electron chi connectivity index (χ3n) is 2.59. The van der Waals surface area contributed by atoms with Crippen LogP contribution in [0.25, 0.3) is 0 Å². The minimum absolute atomic E-state index is 0.0454. The molecule has 0 saturated carbocycles. The zero-order valence-corrected chi connectivity index (χ0v) is 11.2. The van der Waals surface area contributed by atoms with Crippen LogP contribution in [-0.2, 0) is 11.3 Å². The number of hydrogen-bond acceptors (Lipinski definition) is 3. The van der Waals surface area contributed by atoms with E-state index in [9.17, 15) is 9.59 Å². The summed E-state index contributed by atoms with van der Waals surface area (Å²) in [6, 6.07) is 0. The smallest absolute Gasteiger partial charge is 0.329 e. The van der Waals surface area contributed by atoms with Gasteiger partial charge in [-0.2, -0.15) is 0 Å². The summed E-state index contributed by atoms with van der Waals surface area (Å²) in [5.74, 6) is -0.0454. The Morgan fingerprint density at radius 3 is 2.41 bits per heavy atom. The van der Waals surface area contributed by atoms with E-state index >= 15 is 0 Å². The van der Waals surface area contributed by atoms with Crippen molar-refractivity contribution in [2.45, 2.75) is 39.3 Å². The van der Waals surface area contributed by atoms with Crippen LogP contribution in [-0.4, -0.2) is 22.8 Å². The van der Waals surface area contributed by atoms with Crippen molar-refractivity contribution in [1.82, 2.24) is 9.55 Å². The van der Waals surface area contributed by atoms with Gasteiger partial charge in [0.15, 0.2) is 0 Å². The van der Waals surface area contributed by atoms with E-state index in [1.54, 1.807) is 6.92 Å². The van der Waals surface area contributed by atoms with Crippen LogP contribution in [0.2, 0.25) is 5.15 Å². The summed E-state index contributed by atoms with van der Waals surface area (Å²) >= 11 is 5.87. The lowest BCUT2D eigenvalue weighted by Crippen LogP contribution is -2.40. The molecule has 1 heterocycles. The third-order valence-corrected chi connectivity index (χ3v) is 2.89. The van der Waals surface area contributed by atoms with Crippen LogP contribution in [0.3, 0.4) is 0 Å². The highest BCUT2D eigenvalue weighted by Gasteiger charge is 2.16. The first-order valence-electron chi connectivity index (χ1n) is 5.43. The van der Waals surface area contributed by atoms with Crippen molar-refractivity contribution >= 4 is 11.6 Å². The maximum atomic E-state index is 12.1. The van der Waals surface area contributed by atoms with Crippen LogP contribution in [0.4, 0.5) is 0 Å². The summed E-state index contributed by atoms with van der Waals surface area (Å²) in [4.78, 5) is 26.2. The molecule has 1 aromatic heterocycles. The molecule has 0 aliphatic heterocycles. The fourth-order valence-corrected chi connectivity index (χ4v) is 1.94. The summed E-state index contributed by atoms with van der Waals surface area (Å²) < 4.78 is 6.17. The average molecular weight is 261 g/mol. The molecular weight excluding hydrogens is 244 g/mol. The second-order valence-electron chi connectivity index (χ2n) is 4.27. The first-order chi connectivity index (χ1) is 7.88. The molecule has 1 rings (SSSR count). The molecule has 6 heteroatoms. The monoisotopic (exact) mass is 260 g/mol. The largest absolute Gasteiger partial charge is 0.380 e. The van der Waals surface area contributed by atoms with E-state index in [-0.39, 0.29) is 29.3 Å². The minimum Gasteiger partial charge on any atom is -0.380 e. The Hall–Kier alpha value is -1.07. The minimum atomic E-state index is -0.506. The number of halogens is 1. The van der Waals surface area contributed by atoms with E-state index in [0.717, 1.165) is 4.57 Å². The number of aromatic nitrogens is 2. The molecule has 0 radical (unpaired) electrons. The van der Waals surface area contributed by atoms with Crippen molar-refractivity contribution in [1.29, 1.82) is 0 Å². The lowest BCUT2D eigenvalue weighted by molar-refractivity contribution is 0.101. The number of ether oxygens (including phenoxy) is 1. The fourth-order valence-electron chi connectivity index (χ4n) is 1.56. The Bertz CT molecular complexity index is 504. The number of H-pyrrole nitrogens is 1. The van der Waals surface area contributed by atoms with Gasteiger partial charge in [0.1, 0.15) is 5.15 Å². The van der Waals surface area contributed by atoms with E-state index in [1.807, 2.05) is 13.8 Å². The Labute approximate surface area is 104 Å². The first-order valence-corrected chi connectivity index (χ1v) is 5.81. The topological polar surface area (TPSA) is 64.1 Å². The lowest BCUT2D eigenvalue weighted by atomic mass is 10.1. The van der Waals surface area contributed by atoms with Crippen LogP contribution in [0.5, 0.6) is 0 Å². The predicted octanol–water partition coefficient (Wildman–Crippen LogP) is 1.35. The van der Waals surface area contributed by atoms with Gasteiger partial charge in [-0.05, 0) is 12.8 Å². The van der Waals surface area contributed by atoms with Crippen LogP contribution in [0.1, 0.15) is 32.3 Å². The fraction of sp³-hybridized carbons (Fsp3) is 0.636. The molecule has 0 saturated heterocycles. The normalized spacial score (nSPS) is 13.1. The molecule has 0 fully saturated rings. The quantitative estimate of drug-likeness (QED) is 0.831. The van der Waals surface area contributed by atoms with Crippen molar-refractivity contribution in [3.8, 4) is 0 Å². The highest BCUT2D eigenvalue weighted by atomic mass is 35.5. The predicted molar refractivity (Wildman–Crippen MR) is 66.9 cm³/mol. The zero-order chi connectivity index (χ0) is 13.2. The van der Waals surface area contributed by atoms with E-state index in [0.29, 0.717) is 5.56 Å². The highest BCUT2D eigenvalue weighted by molar-refractivity contribution is 6.30. The molecular formula is C11H17ClN2O3. The van der Waals surface area contributed by atoms with Crippen LogP contribution in [0, 0.1) is 0 Å². The van der Waals surface area contributed by atoms with E-state index in [2.05, 4.69) is 4.98 Å². The summed E-state index contributed by atoms with van der Waals surface area (Å²) in [6.07, 6.45) is -0.213. The van der Waals surface area contributed by atoms with Gasteiger partial charge in [0.05, 0.1) is 18.2 Å². The summed E-state index contributed by atoms with van der Waals surface area (Å²) in [5.41, 5.74) is -0.430. The van der Waals surface area contributed by atoms with Crippen LogP contribution < -0.4 is 11.2 Å². The molecule has 1 N–H and O–H groups in total. The maximum Gasteiger partial charge on any atom is 0.329 e. The van der Waals surface area contributed by atoms with Crippen molar-refractivity contribution in [2.75, 3.05) is 7.11 Å². The van der Waals surface area contributed by atoms with E-state index in [4.69, 9.17) is 16.3 Å². The number of nitrogens with one attached hydrogen (secondary N) is 1. The number of hydrogen-bond donors (Lipinski definition) is 1. The van der Waals surface area contributed by atoms with Gasteiger partial charge in [-0.1, -0.05) is 25.4 Å². The molecule has 1 unspecified atom stereocenters. The zero-order valence-electron chi connectivity index (χ0n) is 10.4. The second-order valence-corrected chi connectivity index (χ2v) is 4.65. The Morgan fingerprint density at radius 2 is 1.94 bits per heavy atom. The Morgan fingerprint density at radius 1 is 1.35 bits per heavy atom. The molecule has 0 amide bonds. The van der Waals surface area contributed by atoms with Gasteiger partial charge >= 0.3 is 5.69 Å². The molecule has 17 heavy (non-hydrogen) atoms. The van der Waals surface area contributed by atoms with Gasteiger partial charge in [0.2, 0.25) is 0 Å². The lowest BCUT2D eigenvalue weighted by Gasteiger charge is -2.14. The molecule has 96 valence electrons. The van der Waals surface area contributed by atoms with Crippen LogP contribution >= 0.6 is 11.6 Å². The van der Waals surface area contributed by atoms with Crippen LogP contribution in [0.15, 0.2) is 9.59 Å². The molecule has 0 spiro atoms. The average Bonchev–Trinajstić information content (AvgIpc) is 2.22. The summed E-state index contributed by atoms with van der Waals surface area (Å²) in [6.45, 7) is 5.70. The summed E-state index contributed by atoms with van der Waals surface area (Å²) in [5, 5.41) is 0.122. The third kappa shape index (κ3) is 2.98. The SMILES string of the molecule is COC(C)Cn1c(=O)[nH]c(Cl)c(C(C)C)c1=O. The second kappa shape index (κ2) is 5.51. The van der Waals surface area contributed by atoms with Gasteiger partial charge in [0, 0.05) is 7.11 Å². The van der Waals surface area contributed by atoms with Gasteiger partial charge in [0.25, 0.3) is 5.56 Å². The Balaban J connectivity index is 3.37. The standard InChI is InChI=1S/C11H17ClN2O3/c1-6(2)8-9(12)13-11(16)14(10(8)15)5-7(3)17-4/h6-7H,5H2,1-4H3,(H,13,16). The number of rotatable bonds is 4. The number of methoxy groups -OCH3 is 1. The van der Waals surface area contributed by atoms with Gasteiger partial charge in [-0.25, -0.2) is 4.79 Å².